The molecule has 1 heterocycles. The number of anilines is 1. The summed E-state index contributed by atoms with van der Waals surface area (Å²) in [5.74, 6) is -1.41. The number of urea groups is 1. The van der Waals surface area contributed by atoms with Crippen molar-refractivity contribution < 1.29 is 19.5 Å². The van der Waals surface area contributed by atoms with Crippen LogP contribution in [0.3, 0.4) is 0 Å². The van der Waals surface area contributed by atoms with Crippen molar-refractivity contribution in [2.75, 3.05) is 4.90 Å². The lowest BCUT2D eigenvalue weighted by Gasteiger charge is -2.26. The number of carbonyl (C=O) groups excluding carboxylic acids is 3. The highest BCUT2D eigenvalue weighted by Gasteiger charge is 2.36. The Morgan fingerprint density at radius 2 is 1.86 bits per heavy atom. The number of allylic oxidation sites excluding steroid dienone is 1. The van der Waals surface area contributed by atoms with E-state index in [1.807, 2.05) is 19.1 Å². The molecular weight excluding hydrogens is 436 g/mol. The molecule has 0 unspecified atom stereocenters. The lowest BCUT2D eigenvalue weighted by molar-refractivity contribution is -0.122. The van der Waals surface area contributed by atoms with E-state index in [4.69, 9.17) is 0 Å². The van der Waals surface area contributed by atoms with Gasteiger partial charge in [0.15, 0.2) is 0 Å². The van der Waals surface area contributed by atoms with Gasteiger partial charge in [-0.15, -0.1) is 6.58 Å². The molecular formula is C22H19BrN2O4. The first-order chi connectivity index (χ1) is 13.8. The van der Waals surface area contributed by atoms with Crippen LogP contribution in [0.1, 0.15) is 23.6 Å². The Bertz CT molecular complexity index is 1040. The molecule has 2 N–H and O–H groups in total. The van der Waals surface area contributed by atoms with E-state index in [2.05, 4.69) is 27.8 Å². The minimum atomic E-state index is -0.791. The van der Waals surface area contributed by atoms with Crippen molar-refractivity contribution in [2.45, 2.75) is 19.8 Å². The molecule has 0 saturated carbocycles. The van der Waals surface area contributed by atoms with Gasteiger partial charge in [-0.25, -0.2) is 9.69 Å². The summed E-state index contributed by atoms with van der Waals surface area (Å²) >= 11 is 3.27. The third-order valence-electron chi connectivity index (χ3n) is 4.54. The maximum absolute atomic E-state index is 13.0. The van der Waals surface area contributed by atoms with Crippen molar-refractivity contribution in [3.63, 3.8) is 0 Å². The van der Waals surface area contributed by atoms with Crippen LogP contribution in [-0.2, 0) is 22.4 Å². The average Bonchev–Trinajstić information content (AvgIpc) is 2.69. The van der Waals surface area contributed by atoms with Crippen molar-refractivity contribution in [1.82, 2.24) is 5.32 Å². The Morgan fingerprint density at radius 3 is 2.48 bits per heavy atom. The molecule has 1 fully saturated rings. The zero-order valence-corrected chi connectivity index (χ0v) is 17.3. The molecule has 0 spiro atoms. The minimum absolute atomic E-state index is 0.0688. The highest BCUT2D eigenvalue weighted by atomic mass is 79.9. The van der Waals surface area contributed by atoms with Crippen LogP contribution in [-0.4, -0.2) is 23.0 Å². The number of imide groups is 2. The first-order valence-corrected chi connectivity index (χ1v) is 9.77. The molecule has 29 heavy (non-hydrogen) atoms. The standard InChI is InChI=1S/C22H19BrN2O4/c1-3-5-15-10-14(12-18(23)19(15)26)11-17-20(27)24-22(29)25(21(17)28)16-8-6-13(4-2)7-9-16/h3,6-12,26H,1,4-5H2,2H3,(H,24,27,29)/b17-11-. The van der Waals surface area contributed by atoms with E-state index < -0.39 is 17.8 Å². The number of aromatic hydroxyl groups is 1. The molecule has 1 saturated heterocycles. The second-order valence-corrected chi connectivity index (χ2v) is 7.34. The molecule has 2 aromatic carbocycles. The Morgan fingerprint density at radius 1 is 1.17 bits per heavy atom. The predicted molar refractivity (Wildman–Crippen MR) is 115 cm³/mol. The van der Waals surface area contributed by atoms with Gasteiger partial charge >= 0.3 is 6.03 Å². The van der Waals surface area contributed by atoms with Crippen molar-refractivity contribution in [1.29, 1.82) is 0 Å². The zero-order valence-electron chi connectivity index (χ0n) is 15.7. The highest BCUT2D eigenvalue weighted by molar-refractivity contribution is 9.10. The number of hydrogen-bond donors (Lipinski definition) is 2. The van der Waals surface area contributed by atoms with E-state index in [1.165, 1.54) is 6.08 Å². The largest absolute Gasteiger partial charge is 0.506 e. The number of aryl methyl sites for hydroxylation is 1. The number of phenolic OH excluding ortho intramolecular Hbond substituents is 1. The SMILES string of the molecule is C=CCc1cc(/C=C2/C(=O)NC(=O)N(c3ccc(CC)cc3)C2=O)cc(Br)c1O. The maximum atomic E-state index is 13.0. The molecule has 6 nitrogen and oxygen atoms in total. The fraction of sp³-hybridized carbons (Fsp3) is 0.136. The Balaban J connectivity index is 2.02. The van der Waals surface area contributed by atoms with Gasteiger partial charge in [0.1, 0.15) is 11.3 Å². The summed E-state index contributed by atoms with van der Waals surface area (Å²) in [6.07, 6.45) is 4.27. The lowest BCUT2D eigenvalue weighted by atomic mass is 10.0. The molecule has 7 heteroatoms. The Labute approximate surface area is 176 Å². The monoisotopic (exact) mass is 454 g/mol. The number of carbonyl (C=O) groups is 3. The van der Waals surface area contributed by atoms with E-state index in [0.29, 0.717) is 27.7 Å². The summed E-state index contributed by atoms with van der Waals surface area (Å²) < 4.78 is 0.426. The number of amides is 4. The van der Waals surface area contributed by atoms with Gasteiger partial charge in [0, 0.05) is 0 Å². The van der Waals surface area contributed by atoms with E-state index in [0.717, 1.165) is 16.9 Å². The van der Waals surface area contributed by atoms with Crippen molar-refractivity contribution in [2.24, 2.45) is 0 Å². The first kappa shape index (κ1) is 20.5. The average molecular weight is 455 g/mol. The van der Waals surface area contributed by atoms with Crippen LogP contribution in [0.5, 0.6) is 5.75 Å². The second-order valence-electron chi connectivity index (χ2n) is 6.48. The fourth-order valence-electron chi connectivity index (χ4n) is 3.01. The van der Waals surface area contributed by atoms with Gasteiger partial charge in [-0.3, -0.25) is 14.9 Å². The van der Waals surface area contributed by atoms with E-state index >= 15 is 0 Å². The van der Waals surface area contributed by atoms with E-state index in [-0.39, 0.29) is 11.3 Å². The molecule has 0 bridgehead atoms. The summed E-state index contributed by atoms with van der Waals surface area (Å²) in [6.45, 7) is 5.66. The van der Waals surface area contributed by atoms with Gasteiger partial charge in [0.2, 0.25) is 0 Å². The third kappa shape index (κ3) is 4.14. The molecule has 0 aliphatic carbocycles. The molecule has 0 aromatic heterocycles. The molecule has 0 radical (unpaired) electrons. The minimum Gasteiger partial charge on any atom is -0.506 e. The number of hydrogen-bond acceptors (Lipinski definition) is 4. The summed E-state index contributed by atoms with van der Waals surface area (Å²) in [5, 5.41) is 12.3. The lowest BCUT2D eigenvalue weighted by Crippen LogP contribution is -2.54. The van der Waals surface area contributed by atoms with Crippen molar-refractivity contribution in [3.8, 4) is 5.75 Å². The normalized spacial score (nSPS) is 15.6. The van der Waals surface area contributed by atoms with Crippen LogP contribution in [0, 0.1) is 0 Å². The molecule has 3 rings (SSSR count). The van der Waals surface area contributed by atoms with Crippen LogP contribution in [0.2, 0.25) is 0 Å². The molecule has 1 aliphatic rings. The summed E-state index contributed by atoms with van der Waals surface area (Å²) in [7, 11) is 0. The molecule has 2 aromatic rings. The second kappa shape index (κ2) is 8.45. The maximum Gasteiger partial charge on any atom is 0.335 e. The summed E-state index contributed by atoms with van der Waals surface area (Å²) in [6, 6.07) is 9.45. The number of phenols is 1. The van der Waals surface area contributed by atoms with E-state index in [1.54, 1.807) is 30.3 Å². The van der Waals surface area contributed by atoms with E-state index in [9.17, 15) is 19.5 Å². The zero-order chi connectivity index (χ0) is 21.1. The van der Waals surface area contributed by atoms with Crippen LogP contribution in [0.25, 0.3) is 6.08 Å². The number of nitrogens with zero attached hydrogens (tertiary/aromatic N) is 1. The van der Waals surface area contributed by atoms with Gasteiger partial charge in [-0.2, -0.15) is 0 Å². The first-order valence-electron chi connectivity index (χ1n) is 8.98. The van der Waals surface area contributed by atoms with Crippen LogP contribution in [0.4, 0.5) is 10.5 Å². The number of nitrogens with one attached hydrogen (secondary N) is 1. The van der Waals surface area contributed by atoms with Gasteiger partial charge in [0.25, 0.3) is 11.8 Å². The summed E-state index contributed by atoms with van der Waals surface area (Å²) in [5.41, 5.74) is 2.39. The van der Waals surface area contributed by atoms with Gasteiger partial charge < -0.3 is 5.11 Å². The molecule has 1 aliphatic heterocycles. The van der Waals surface area contributed by atoms with Crippen LogP contribution < -0.4 is 10.2 Å². The number of benzene rings is 2. The van der Waals surface area contributed by atoms with Gasteiger partial charge in [-0.05, 0) is 75.8 Å². The Hall–Kier alpha value is -3.19. The highest BCUT2D eigenvalue weighted by Crippen LogP contribution is 2.31. The third-order valence-corrected chi connectivity index (χ3v) is 5.15. The van der Waals surface area contributed by atoms with Crippen LogP contribution in [0.15, 0.2) is 59.1 Å². The molecule has 4 amide bonds. The van der Waals surface area contributed by atoms with Gasteiger partial charge in [0.05, 0.1) is 10.2 Å². The molecule has 148 valence electrons. The number of barbiturate groups is 1. The molecule has 0 atom stereocenters. The quantitative estimate of drug-likeness (QED) is 0.404. The predicted octanol–water partition coefficient (Wildman–Crippen LogP) is 4.11. The Kier molecular flexibility index (Phi) is 5.98. The van der Waals surface area contributed by atoms with Gasteiger partial charge in [-0.1, -0.05) is 25.1 Å². The summed E-state index contributed by atoms with van der Waals surface area (Å²) in [4.78, 5) is 38.5. The topological polar surface area (TPSA) is 86.7 Å². The van der Waals surface area contributed by atoms with Crippen molar-refractivity contribution >= 4 is 45.5 Å². The van der Waals surface area contributed by atoms with Crippen molar-refractivity contribution in [3.05, 3.63) is 75.8 Å². The number of rotatable bonds is 5. The smallest absolute Gasteiger partial charge is 0.335 e. The van der Waals surface area contributed by atoms with Crippen LogP contribution >= 0.6 is 15.9 Å². The fourth-order valence-corrected chi connectivity index (χ4v) is 3.53. The number of halogens is 1.